The van der Waals surface area contributed by atoms with Crippen LogP contribution in [-0.2, 0) is 28.8 Å². The van der Waals surface area contributed by atoms with Crippen LogP contribution in [0.3, 0.4) is 0 Å². The van der Waals surface area contributed by atoms with E-state index in [1.807, 2.05) is 0 Å². The van der Waals surface area contributed by atoms with E-state index in [0.717, 1.165) is 44.9 Å². The van der Waals surface area contributed by atoms with Crippen LogP contribution in [0.4, 0.5) is 0 Å². The Morgan fingerprint density at radius 3 is 1.18 bits per heavy atom. The molecule has 3 atom stereocenters. The first-order chi connectivity index (χ1) is 26.5. The summed E-state index contributed by atoms with van der Waals surface area (Å²) in [5, 5.41) is 19.2. The van der Waals surface area contributed by atoms with Gasteiger partial charge in [0.2, 0.25) is 29.5 Å². The number of carboxylic acid groups (broad SMARTS) is 1. The Morgan fingerprint density at radius 1 is 0.473 bits per heavy atom. The van der Waals surface area contributed by atoms with Crippen molar-refractivity contribution in [1.29, 1.82) is 0 Å². The molecule has 0 aromatic carbocycles. The second kappa shape index (κ2) is 36.4. The molecule has 0 saturated carbocycles. The number of carbonyl (C=O) groups is 6. The van der Waals surface area contributed by atoms with Crippen LogP contribution in [0.2, 0.25) is 0 Å². The van der Waals surface area contributed by atoms with Crippen molar-refractivity contribution in [2.75, 3.05) is 13.1 Å². The highest BCUT2D eigenvalue weighted by atomic mass is 16.4. The number of amides is 5. The average Bonchev–Trinajstić information content (AvgIpc) is 3.15. The summed E-state index contributed by atoms with van der Waals surface area (Å²) < 4.78 is 0. The number of nitrogens with one attached hydrogen (secondary N) is 4. The van der Waals surface area contributed by atoms with E-state index < -0.39 is 48.2 Å². The molecule has 0 unspecified atom stereocenters. The molecule has 0 aromatic heterocycles. The highest BCUT2D eigenvalue weighted by Gasteiger charge is 2.29. The summed E-state index contributed by atoms with van der Waals surface area (Å²) in [6, 6.07) is -4.03. The molecule has 0 rings (SSSR count). The van der Waals surface area contributed by atoms with E-state index in [9.17, 15) is 28.8 Å². The van der Waals surface area contributed by atoms with Gasteiger partial charge in [0.05, 0.1) is 6.42 Å². The van der Waals surface area contributed by atoms with Gasteiger partial charge < -0.3 is 37.8 Å². The van der Waals surface area contributed by atoms with Crippen molar-refractivity contribution in [3.05, 3.63) is 0 Å². The molecule has 9 N–H and O–H groups in total. The lowest BCUT2D eigenvalue weighted by atomic mass is 10.0. The molecule has 0 aliphatic rings. The number of hydrogen-bond donors (Lipinski definition) is 7. The molecule has 13 nitrogen and oxygen atoms in total. The van der Waals surface area contributed by atoms with Gasteiger partial charge in [-0.15, -0.1) is 0 Å². The third-order valence-corrected chi connectivity index (χ3v) is 10.1. The van der Waals surface area contributed by atoms with Gasteiger partial charge in [0, 0.05) is 25.9 Å². The van der Waals surface area contributed by atoms with Crippen molar-refractivity contribution < 1.29 is 33.9 Å². The first-order valence-corrected chi connectivity index (χ1v) is 21.9. The van der Waals surface area contributed by atoms with Gasteiger partial charge in [0.1, 0.15) is 18.1 Å². The summed E-state index contributed by atoms with van der Waals surface area (Å²) in [6.07, 6.45) is 30.6. The van der Waals surface area contributed by atoms with Crippen molar-refractivity contribution in [3.63, 3.8) is 0 Å². The number of aliphatic carboxylic acids is 1. The topological polar surface area (TPSA) is 223 Å². The Balaban J connectivity index is 4.83. The lowest BCUT2D eigenvalue weighted by Crippen LogP contribution is -2.60. The fourth-order valence-corrected chi connectivity index (χ4v) is 6.56. The van der Waals surface area contributed by atoms with Crippen molar-refractivity contribution >= 4 is 35.5 Å². The molecule has 320 valence electrons. The molecule has 0 aliphatic carbocycles. The molecular weight excluding hydrogens is 700 g/mol. The van der Waals surface area contributed by atoms with Gasteiger partial charge in [0.15, 0.2) is 0 Å². The average molecular weight is 781 g/mol. The standard InChI is InChI=1S/C42H80N6O7/c1-3-5-7-9-11-13-15-17-19-21-23-25-27-29-37(49)45-33-36(42(55)48-35(32-43)41(54)47-34(40(44)53)31-39(51)52)46-38(50)30-28-26-24-22-20-18-16-14-12-10-8-6-4-2/h34-36H,3-33,43H2,1-2H3,(H2,44,53)(H,45,49)(H,46,50)(H,47,54)(H,48,55)(H,51,52)/t34-,35-,36-/m0/s1. The summed E-state index contributed by atoms with van der Waals surface area (Å²) in [5.74, 6) is -4.64. The van der Waals surface area contributed by atoms with Gasteiger partial charge in [-0.3, -0.25) is 28.8 Å². The minimum atomic E-state index is -1.50. The molecule has 0 heterocycles. The Hall–Kier alpha value is -3.22. The summed E-state index contributed by atoms with van der Waals surface area (Å²) in [4.78, 5) is 74.5. The number of carbonyl (C=O) groups excluding carboxylic acids is 5. The van der Waals surface area contributed by atoms with Crippen molar-refractivity contribution in [1.82, 2.24) is 21.3 Å². The SMILES string of the molecule is CCCCCCCCCCCCCCCC(=O)NC[C@H](NC(=O)CCCCCCCCCCCCCCC)C(=O)N[C@@H](CN)C(=O)N[C@@H](CC(=O)O)C(N)=O. The summed E-state index contributed by atoms with van der Waals surface area (Å²) in [6.45, 7) is 3.91. The second-order valence-corrected chi connectivity index (χ2v) is 15.3. The predicted molar refractivity (Wildman–Crippen MR) is 220 cm³/mol. The molecular formula is C42H80N6O7. The number of nitrogens with two attached hydrogens (primary N) is 2. The molecule has 0 saturated heterocycles. The first kappa shape index (κ1) is 51.8. The van der Waals surface area contributed by atoms with E-state index in [1.165, 1.54) is 116 Å². The summed E-state index contributed by atoms with van der Waals surface area (Å²) in [5.41, 5.74) is 11.0. The van der Waals surface area contributed by atoms with Crippen molar-refractivity contribution in [3.8, 4) is 0 Å². The quantitative estimate of drug-likeness (QED) is 0.0343. The first-order valence-electron chi connectivity index (χ1n) is 21.9. The van der Waals surface area contributed by atoms with Gasteiger partial charge in [0.25, 0.3) is 0 Å². The smallest absolute Gasteiger partial charge is 0.305 e. The highest BCUT2D eigenvalue weighted by molar-refractivity contribution is 5.95. The van der Waals surface area contributed by atoms with Crippen LogP contribution < -0.4 is 32.7 Å². The van der Waals surface area contributed by atoms with Crippen molar-refractivity contribution in [2.45, 2.75) is 218 Å². The van der Waals surface area contributed by atoms with E-state index in [4.69, 9.17) is 16.6 Å². The van der Waals surface area contributed by atoms with Gasteiger partial charge in [-0.05, 0) is 12.8 Å². The lowest BCUT2D eigenvalue weighted by Gasteiger charge is -2.24. The summed E-state index contributed by atoms with van der Waals surface area (Å²) in [7, 11) is 0. The largest absolute Gasteiger partial charge is 0.481 e. The number of hydrogen-bond acceptors (Lipinski definition) is 7. The number of primary amides is 1. The maximum atomic E-state index is 13.3. The minimum Gasteiger partial charge on any atom is -0.481 e. The Morgan fingerprint density at radius 2 is 0.818 bits per heavy atom. The van der Waals surface area contributed by atoms with E-state index in [2.05, 4.69) is 35.1 Å². The second-order valence-electron chi connectivity index (χ2n) is 15.3. The zero-order valence-electron chi connectivity index (χ0n) is 34.7. The predicted octanol–water partition coefficient (Wildman–Crippen LogP) is 6.44. The number of carboxylic acids is 1. The molecule has 5 amide bonds. The molecule has 0 radical (unpaired) electrons. The van der Waals surface area contributed by atoms with Crippen molar-refractivity contribution in [2.24, 2.45) is 11.5 Å². The van der Waals surface area contributed by atoms with Gasteiger partial charge in [-0.2, -0.15) is 0 Å². The molecule has 0 aliphatic heterocycles. The number of rotatable bonds is 39. The maximum absolute atomic E-state index is 13.3. The van der Waals surface area contributed by atoms with Gasteiger partial charge in [-0.1, -0.05) is 168 Å². The minimum absolute atomic E-state index is 0.185. The van der Waals surface area contributed by atoms with Crippen LogP contribution in [-0.4, -0.2) is 71.8 Å². The lowest BCUT2D eigenvalue weighted by molar-refractivity contribution is -0.140. The van der Waals surface area contributed by atoms with Crippen LogP contribution >= 0.6 is 0 Å². The molecule has 0 spiro atoms. The summed E-state index contributed by atoms with van der Waals surface area (Å²) >= 11 is 0. The van der Waals surface area contributed by atoms with Crippen LogP contribution in [0.5, 0.6) is 0 Å². The molecule has 55 heavy (non-hydrogen) atoms. The van der Waals surface area contributed by atoms with Gasteiger partial charge >= 0.3 is 5.97 Å². The van der Waals surface area contributed by atoms with Crippen LogP contribution in [0.1, 0.15) is 200 Å². The van der Waals surface area contributed by atoms with Crippen LogP contribution in [0.25, 0.3) is 0 Å². The monoisotopic (exact) mass is 781 g/mol. The Labute approximate surface area is 332 Å². The van der Waals surface area contributed by atoms with Gasteiger partial charge in [-0.25, -0.2) is 0 Å². The zero-order chi connectivity index (χ0) is 40.9. The van der Waals surface area contributed by atoms with E-state index in [1.54, 1.807) is 0 Å². The highest BCUT2D eigenvalue weighted by Crippen LogP contribution is 2.14. The maximum Gasteiger partial charge on any atom is 0.305 e. The Bertz CT molecular complexity index is 1040. The molecule has 0 aromatic rings. The zero-order valence-corrected chi connectivity index (χ0v) is 34.7. The normalized spacial score (nSPS) is 12.7. The van der Waals surface area contributed by atoms with Crippen LogP contribution in [0, 0.1) is 0 Å². The van der Waals surface area contributed by atoms with Crippen LogP contribution in [0.15, 0.2) is 0 Å². The molecule has 13 heteroatoms. The third-order valence-electron chi connectivity index (χ3n) is 10.1. The fourth-order valence-electron chi connectivity index (χ4n) is 6.56. The third kappa shape index (κ3) is 31.7. The van der Waals surface area contributed by atoms with E-state index in [-0.39, 0.29) is 31.3 Å². The Kier molecular flexibility index (Phi) is 34.3. The molecule has 0 fully saturated rings. The van der Waals surface area contributed by atoms with E-state index in [0.29, 0.717) is 12.8 Å². The van der Waals surface area contributed by atoms with E-state index >= 15 is 0 Å². The fraction of sp³-hybridized carbons (Fsp3) is 0.857. The number of unbranched alkanes of at least 4 members (excludes halogenated alkanes) is 24. The molecule has 0 bridgehead atoms.